The van der Waals surface area contributed by atoms with Crippen molar-refractivity contribution in [2.75, 3.05) is 5.84 Å². The Hall–Kier alpha value is -2.13. The smallest absolute Gasteiger partial charge is 0.387 e. The average Bonchev–Trinajstić information content (AvgIpc) is 3.18. The van der Waals surface area contributed by atoms with Gasteiger partial charge in [-0.25, -0.2) is 4.68 Å². The van der Waals surface area contributed by atoms with E-state index in [2.05, 4.69) is 14.9 Å². The summed E-state index contributed by atoms with van der Waals surface area (Å²) in [6.45, 7) is -0.846. The number of benzene rings is 1. The molecule has 0 fully saturated rings. The van der Waals surface area contributed by atoms with E-state index in [1.54, 1.807) is 12.1 Å². The van der Waals surface area contributed by atoms with Crippen LogP contribution in [0, 0.1) is 0 Å². The van der Waals surface area contributed by atoms with Crippen LogP contribution in [0.5, 0.6) is 5.75 Å². The summed E-state index contributed by atoms with van der Waals surface area (Å²) in [6, 6.07) is 10.4. The minimum absolute atomic E-state index is 0.0216. The van der Waals surface area contributed by atoms with Crippen LogP contribution in [0.2, 0.25) is 0 Å². The van der Waals surface area contributed by atoms with Crippen LogP contribution >= 0.6 is 23.1 Å². The minimum atomic E-state index is -2.82. The van der Waals surface area contributed by atoms with E-state index in [-0.39, 0.29) is 11.0 Å². The van der Waals surface area contributed by atoms with E-state index in [1.165, 1.54) is 39.9 Å². The first kappa shape index (κ1) is 16.7. The minimum Gasteiger partial charge on any atom is -0.435 e. The lowest BCUT2D eigenvalue weighted by Gasteiger charge is -2.12. The second-order valence-electron chi connectivity index (χ2n) is 4.86. The van der Waals surface area contributed by atoms with Gasteiger partial charge in [0.05, 0.1) is 4.88 Å². The Balaban J connectivity index is 1.72. The van der Waals surface area contributed by atoms with Crippen molar-refractivity contribution >= 4 is 23.1 Å². The van der Waals surface area contributed by atoms with E-state index in [4.69, 9.17) is 5.84 Å². The number of nitrogens with zero attached hydrogens (tertiary/aromatic N) is 3. The zero-order valence-electron chi connectivity index (χ0n) is 12.6. The molecule has 0 amide bonds. The lowest BCUT2D eigenvalue weighted by Crippen LogP contribution is -2.11. The van der Waals surface area contributed by atoms with Gasteiger partial charge in [-0.3, -0.25) is 0 Å². The van der Waals surface area contributed by atoms with Gasteiger partial charge in [-0.05, 0) is 36.1 Å². The molecule has 1 unspecified atom stereocenters. The lowest BCUT2D eigenvalue weighted by atomic mass is 10.2. The number of hydrogen-bond acceptors (Lipinski definition) is 6. The predicted molar refractivity (Wildman–Crippen MR) is 90.8 cm³/mol. The maximum Gasteiger partial charge on any atom is 0.387 e. The molecule has 3 aromatic rings. The largest absolute Gasteiger partial charge is 0.435 e. The molecule has 0 spiro atoms. The van der Waals surface area contributed by atoms with Crippen molar-refractivity contribution in [1.29, 1.82) is 0 Å². The van der Waals surface area contributed by atoms with Crippen LogP contribution in [0.25, 0.3) is 10.7 Å². The van der Waals surface area contributed by atoms with Gasteiger partial charge in [-0.1, -0.05) is 30.0 Å². The van der Waals surface area contributed by atoms with Crippen molar-refractivity contribution in [1.82, 2.24) is 14.9 Å². The highest BCUT2D eigenvalue weighted by Gasteiger charge is 2.17. The van der Waals surface area contributed by atoms with Gasteiger partial charge in [-0.15, -0.1) is 21.5 Å². The first-order valence-electron chi connectivity index (χ1n) is 7.00. The zero-order valence-corrected chi connectivity index (χ0v) is 14.2. The zero-order chi connectivity index (χ0) is 17.1. The summed E-state index contributed by atoms with van der Waals surface area (Å²) >= 11 is 2.98. The van der Waals surface area contributed by atoms with Crippen molar-refractivity contribution in [2.24, 2.45) is 0 Å². The Bertz CT molecular complexity index is 790. The Morgan fingerprint density at radius 2 is 1.96 bits per heavy atom. The van der Waals surface area contributed by atoms with Crippen molar-refractivity contribution in [3.8, 4) is 16.5 Å². The SMILES string of the molecule is CC(Sc1nnc(-c2cccs2)n1N)c1ccc(OC(F)F)cc1. The van der Waals surface area contributed by atoms with Gasteiger partial charge >= 0.3 is 6.61 Å². The molecule has 126 valence electrons. The number of aromatic nitrogens is 3. The summed E-state index contributed by atoms with van der Waals surface area (Å²) in [5.41, 5.74) is 0.947. The third kappa shape index (κ3) is 3.68. The van der Waals surface area contributed by atoms with Crippen LogP contribution < -0.4 is 10.6 Å². The predicted octanol–water partition coefficient (Wildman–Crippen LogP) is 4.18. The molecule has 0 bridgehead atoms. The fraction of sp³-hybridized carbons (Fsp3) is 0.200. The molecular weight excluding hydrogens is 354 g/mol. The maximum atomic E-state index is 12.2. The number of thiophene rings is 1. The molecule has 0 aliphatic heterocycles. The molecule has 24 heavy (non-hydrogen) atoms. The van der Waals surface area contributed by atoms with E-state index in [0.29, 0.717) is 11.0 Å². The molecule has 0 radical (unpaired) electrons. The molecule has 9 heteroatoms. The molecule has 0 aliphatic carbocycles. The summed E-state index contributed by atoms with van der Waals surface area (Å²) in [7, 11) is 0. The number of thioether (sulfide) groups is 1. The standard InChI is InChI=1S/C15H14F2N4OS2/c1-9(10-4-6-11(7-5-10)22-14(16)17)24-15-20-19-13(21(15)18)12-3-2-8-23-12/h2-9,14H,18H2,1H3. The summed E-state index contributed by atoms with van der Waals surface area (Å²) < 4.78 is 30.2. The molecule has 0 saturated heterocycles. The van der Waals surface area contributed by atoms with Crippen LogP contribution in [0.15, 0.2) is 46.9 Å². The van der Waals surface area contributed by atoms with Gasteiger partial charge in [0.15, 0.2) is 5.82 Å². The van der Waals surface area contributed by atoms with Crippen LogP contribution in [0.4, 0.5) is 8.78 Å². The Morgan fingerprint density at radius 3 is 2.58 bits per heavy atom. The third-order valence-electron chi connectivity index (χ3n) is 3.26. The topological polar surface area (TPSA) is 66.0 Å². The molecule has 5 nitrogen and oxygen atoms in total. The van der Waals surface area contributed by atoms with E-state index < -0.39 is 6.61 Å². The Morgan fingerprint density at radius 1 is 1.21 bits per heavy atom. The summed E-state index contributed by atoms with van der Waals surface area (Å²) in [5, 5.41) is 10.8. The first-order chi connectivity index (χ1) is 11.5. The quantitative estimate of drug-likeness (QED) is 0.522. The van der Waals surface area contributed by atoms with Crippen LogP contribution in [0.3, 0.4) is 0 Å². The molecule has 3 rings (SSSR count). The van der Waals surface area contributed by atoms with Gasteiger partial charge < -0.3 is 10.6 Å². The molecule has 2 heterocycles. The monoisotopic (exact) mass is 368 g/mol. The number of rotatable bonds is 6. The average molecular weight is 368 g/mol. The fourth-order valence-corrected chi connectivity index (χ4v) is 3.68. The molecule has 2 N–H and O–H groups in total. The van der Waals surface area contributed by atoms with Crippen molar-refractivity contribution in [3.05, 3.63) is 47.3 Å². The fourth-order valence-electron chi connectivity index (χ4n) is 2.08. The number of alkyl halides is 2. The normalized spacial score (nSPS) is 12.5. The van der Waals surface area contributed by atoms with E-state index in [1.807, 2.05) is 24.4 Å². The lowest BCUT2D eigenvalue weighted by molar-refractivity contribution is -0.0498. The second kappa shape index (κ2) is 7.18. The molecule has 1 aromatic carbocycles. The molecule has 0 aliphatic rings. The Labute approximate surface area is 145 Å². The van der Waals surface area contributed by atoms with Gasteiger partial charge in [0.2, 0.25) is 5.16 Å². The first-order valence-corrected chi connectivity index (χ1v) is 8.76. The summed E-state index contributed by atoms with van der Waals surface area (Å²) in [5.74, 6) is 6.82. The number of nitrogen functional groups attached to an aromatic ring is 1. The second-order valence-corrected chi connectivity index (χ2v) is 7.12. The molecule has 2 aromatic heterocycles. The van der Waals surface area contributed by atoms with Crippen LogP contribution in [-0.2, 0) is 0 Å². The van der Waals surface area contributed by atoms with Gasteiger partial charge in [0.25, 0.3) is 0 Å². The highest BCUT2D eigenvalue weighted by molar-refractivity contribution is 7.99. The van der Waals surface area contributed by atoms with Crippen molar-refractivity contribution in [2.45, 2.75) is 23.9 Å². The van der Waals surface area contributed by atoms with Crippen molar-refractivity contribution in [3.63, 3.8) is 0 Å². The number of nitrogens with two attached hydrogens (primary N) is 1. The van der Waals surface area contributed by atoms with Crippen molar-refractivity contribution < 1.29 is 13.5 Å². The number of halogens is 2. The van der Waals surface area contributed by atoms with E-state index in [9.17, 15) is 8.78 Å². The third-order valence-corrected chi connectivity index (χ3v) is 5.24. The molecule has 0 saturated carbocycles. The highest BCUT2D eigenvalue weighted by Crippen LogP contribution is 2.35. The number of hydrogen-bond donors (Lipinski definition) is 1. The van der Waals surface area contributed by atoms with Crippen LogP contribution in [0.1, 0.15) is 17.7 Å². The highest BCUT2D eigenvalue weighted by atomic mass is 32.2. The number of ether oxygens (including phenoxy) is 1. The van der Waals surface area contributed by atoms with Gasteiger partial charge in [0.1, 0.15) is 5.75 Å². The summed E-state index contributed by atoms with van der Waals surface area (Å²) in [4.78, 5) is 0.943. The maximum absolute atomic E-state index is 12.2. The van der Waals surface area contributed by atoms with Gasteiger partial charge in [-0.2, -0.15) is 8.78 Å². The summed E-state index contributed by atoms with van der Waals surface area (Å²) in [6.07, 6.45) is 0. The Kier molecular flexibility index (Phi) is 5.00. The van der Waals surface area contributed by atoms with Gasteiger partial charge in [0, 0.05) is 5.25 Å². The van der Waals surface area contributed by atoms with Crippen LogP contribution in [-0.4, -0.2) is 21.5 Å². The molecule has 1 atom stereocenters. The van der Waals surface area contributed by atoms with E-state index >= 15 is 0 Å². The molecular formula is C15H14F2N4OS2. The van der Waals surface area contributed by atoms with E-state index in [0.717, 1.165) is 10.4 Å².